The molecule has 3 heteroatoms. The summed E-state index contributed by atoms with van der Waals surface area (Å²) in [5.74, 6) is 0.553. The molecule has 2 rings (SSSR count). The Balaban J connectivity index is 1.95. The average molecular weight is 211 g/mol. The molecular weight excluding hydrogens is 196 g/mol. The largest absolute Gasteiger partial charge is 0.298 e. The van der Waals surface area contributed by atoms with Crippen LogP contribution in [0.25, 0.3) is 0 Å². The Labute approximate surface area is 89.9 Å². The summed E-state index contributed by atoms with van der Waals surface area (Å²) in [5, 5.41) is 0. The van der Waals surface area contributed by atoms with E-state index >= 15 is 0 Å². The van der Waals surface area contributed by atoms with Crippen molar-refractivity contribution in [3.05, 3.63) is 29.6 Å². The van der Waals surface area contributed by atoms with Gasteiger partial charge in [0.05, 0.1) is 5.69 Å². The second kappa shape index (κ2) is 4.76. The quantitative estimate of drug-likeness (QED) is 0.713. The van der Waals surface area contributed by atoms with Crippen molar-refractivity contribution in [3.63, 3.8) is 0 Å². The van der Waals surface area contributed by atoms with Crippen LogP contribution in [0.4, 0.5) is 0 Å². The molecule has 1 aromatic heterocycles. The molecule has 0 aromatic carbocycles. The van der Waals surface area contributed by atoms with Crippen molar-refractivity contribution >= 4 is 11.6 Å². The van der Waals surface area contributed by atoms with E-state index < -0.39 is 0 Å². The van der Waals surface area contributed by atoms with Crippen molar-refractivity contribution in [2.75, 3.05) is 13.1 Å². The highest BCUT2D eigenvalue weighted by atomic mass is 35.5. The minimum Gasteiger partial charge on any atom is -0.298 e. The fraction of sp³-hybridized carbons (Fsp3) is 0.545. The summed E-state index contributed by atoms with van der Waals surface area (Å²) in [5.41, 5.74) is 2.25. The minimum absolute atomic E-state index is 0.553. The molecule has 0 atom stereocenters. The first-order chi connectivity index (χ1) is 6.88. The van der Waals surface area contributed by atoms with E-state index in [1.165, 1.54) is 25.9 Å². The van der Waals surface area contributed by atoms with Crippen LogP contribution in [0, 0.1) is 0 Å². The summed E-state index contributed by atoms with van der Waals surface area (Å²) in [7, 11) is 0. The first-order valence-electron chi connectivity index (χ1n) is 5.10. The van der Waals surface area contributed by atoms with E-state index in [2.05, 4.69) is 22.0 Å². The van der Waals surface area contributed by atoms with Crippen LogP contribution in [0.2, 0.25) is 0 Å². The van der Waals surface area contributed by atoms with Crippen molar-refractivity contribution in [2.24, 2.45) is 0 Å². The van der Waals surface area contributed by atoms with Gasteiger partial charge in [0.25, 0.3) is 0 Å². The molecule has 1 aromatic rings. The van der Waals surface area contributed by atoms with E-state index in [4.69, 9.17) is 11.6 Å². The fourth-order valence-electron chi connectivity index (χ4n) is 1.80. The minimum atomic E-state index is 0.553. The van der Waals surface area contributed by atoms with Crippen molar-refractivity contribution < 1.29 is 0 Å². The van der Waals surface area contributed by atoms with Crippen LogP contribution in [0.15, 0.2) is 18.3 Å². The third-order valence-electron chi connectivity index (χ3n) is 2.62. The van der Waals surface area contributed by atoms with Crippen LogP contribution >= 0.6 is 11.6 Å². The molecule has 1 aliphatic rings. The topological polar surface area (TPSA) is 16.1 Å². The first-order valence-corrected chi connectivity index (χ1v) is 5.64. The van der Waals surface area contributed by atoms with Crippen molar-refractivity contribution in [1.82, 2.24) is 9.88 Å². The zero-order chi connectivity index (χ0) is 9.80. The normalized spacial score (nSPS) is 17.5. The number of likely N-dealkylation sites (tertiary alicyclic amines) is 1. The Morgan fingerprint density at radius 2 is 2.07 bits per heavy atom. The zero-order valence-electron chi connectivity index (χ0n) is 8.25. The second-order valence-corrected chi connectivity index (χ2v) is 4.04. The molecule has 0 N–H and O–H groups in total. The summed E-state index contributed by atoms with van der Waals surface area (Å²) in [4.78, 5) is 6.83. The number of hydrogen-bond donors (Lipinski definition) is 0. The zero-order valence-corrected chi connectivity index (χ0v) is 9.00. The molecule has 1 saturated heterocycles. The van der Waals surface area contributed by atoms with Gasteiger partial charge in [0.2, 0.25) is 0 Å². The summed E-state index contributed by atoms with van der Waals surface area (Å²) >= 11 is 5.70. The lowest BCUT2D eigenvalue weighted by Crippen LogP contribution is -2.18. The molecule has 0 amide bonds. The number of aromatic nitrogens is 1. The SMILES string of the molecule is ClCc1ccc(CN2CCCC2)nc1. The molecule has 2 nitrogen and oxygen atoms in total. The fourth-order valence-corrected chi connectivity index (χ4v) is 1.96. The molecule has 0 saturated carbocycles. The lowest BCUT2D eigenvalue weighted by Gasteiger charge is -2.13. The lowest BCUT2D eigenvalue weighted by molar-refractivity contribution is 0.327. The molecule has 1 fully saturated rings. The molecule has 0 unspecified atom stereocenters. The average Bonchev–Trinajstić information content (AvgIpc) is 2.72. The van der Waals surface area contributed by atoms with Crippen LogP contribution < -0.4 is 0 Å². The maximum Gasteiger partial charge on any atom is 0.0544 e. The predicted molar refractivity (Wildman–Crippen MR) is 58.3 cm³/mol. The first kappa shape index (κ1) is 9.94. The number of alkyl halides is 1. The summed E-state index contributed by atoms with van der Waals surface area (Å²) < 4.78 is 0. The van der Waals surface area contributed by atoms with Crippen molar-refractivity contribution in [2.45, 2.75) is 25.3 Å². The number of nitrogens with zero attached hydrogens (tertiary/aromatic N) is 2. The molecule has 1 aliphatic heterocycles. The number of pyridine rings is 1. The van der Waals surface area contributed by atoms with Crippen LogP contribution in [0.5, 0.6) is 0 Å². The Morgan fingerprint density at radius 3 is 2.64 bits per heavy atom. The van der Waals surface area contributed by atoms with Gasteiger partial charge in [-0.25, -0.2) is 0 Å². The number of halogens is 1. The highest BCUT2D eigenvalue weighted by molar-refractivity contribution is 6.17. The van der Waals surface area contributed by atoms with Gasteiger partial charge in [0.1, 0.15) is 0 Å². The molecule has 76 valence electrons. The van der Waals surface area contributed by atoms with Gasteiger partial charge in [-0.2, -0.15) is 0 Å². The lowest BCUT2D eigenvalue weighted by atomic mass is 10.2. The molecule has 14 heavy (non-hydrogen) atoms. The van der Waals surface area contributed by atoms with E-state index in [1.54, 1.807) is 0 Å². The van der Waals surface area contributed by atoms with E-state index in [1.807, 2.05) is 6.20 Å². The third kappa shape index (κ3) is 2.46. The highest BCUT2D eigenvalue weighted by Crippen LogP contribution is 2.11. The molecular formula is C11H15ClN2. The predicted octanol–water partition coefficient (Wildman–Crippen LogP) is 2.42. The van der Waals surface area contributed by atoms with E-state index in [9.17, 15) is 0 Å². The third-order valence-corrected chi connectivity index (χ3v) is 2.93. The Bertz CT molecular complexity index is 278. The Morgan fingerprint density at radius 1 is 1.29 bits per heavy atom. The Hall–Kier alpha value is -0.600. The van der Waals surface area contributed by atoms with Gasteiger partial charge in [-0.3, -0.25) is 9.88 Å². The van der Waals surface area contributed by atoms with Crippen molar-refractivity contribution in [1.29, 1.82) is 0 Å². The van der Waals surface area contributed by atoms with Gasteiger partial charge in [0.15, 0.2) is 0 Å². The standard InChI is InChI=1S/C11H15ClN2/c12-7-10-3-4-11(13-8-10)9-14-5-1-2-6-14/h3-4,8H,1-2,5-7,9H2. The van der Waals surface area contributed by atoms with Crippen LogP contribution in [0.3, 0.4) is 0 Å². The molecule has 0 aliphatic carbocycles. The summed E-state index contributed by atoms with van der Waals surface area (Å²) in [6, 6.07) is 4.14. The van der Waals surface area contributed by atoms with E-state index in [0.29, 0.717) is 5.88 Å². The van der Waals surface area contributed by atoms with Crippen LogP contribution in [-0.2, 0) is 12.4 Å². The maximum atomic E-state index is 5.70. The van der Waals surface area contributed by atoms with Crippen LogP contribution in [0.1, 0.15) is 24.1 Å². The van der Waals surface area contributed by atoms with Gasteiger partial charge in [-0.1, -0.05) is 6.07 Å². The number of rotatable bonds is 3. The van der Waals surface area contributed by atoms with Gasteiger partial charge in [0, 0.05) is 18.6 Å². The van der Waals surface area contributed by atoms with Gasteiger partial charge >= 0.3 is 0 Å². The summed E-state index contributed by atoms with van der Waals surface area (Å²) in [6.45, 7) is 3.43. The monoisotopic (exact) mass is 210 g/mol. The number of hydrogen-bond acceptors (Lipinski definition) is 2. The highest BCUT2D eigenvalue weighted by Gasteiger charge is 2.11. The molecule has 0 bridgehead atoms. The van der Waals surface area contributed by atoms with E-state index in [0.717, 1.165) is 17.8 Å². The molecule has 0 radical (unpaired) electrons. The van der Waals surface area contributed by atoms with Crippen LogP contribution in [-0.4, -0.2) is 23.0 Å². The van der Waals surface area contributed by atoms with Gasteiger partial charge < -0.3 is 0 Å². The van der Waals surface area contributed by atoms with E-state index in [-0.39, 0.29) is 0 Å². The molecule has 2 heterocycles. The van der Waals surface area contributed by atoms with Gasteiger partial charge in [-0.05, 0) is 37.6 Å². The second-order valence-electron chi connectivity index (χ2n) is 3.77. The Kier molecular flexibility index (Phi) is 3.38. The summed E-state index contributed by atoms with van der Waals surface area (Å²) in [6.07, 6.45) is 4.54. The van der Waals surface area contributed by atoms with Crippen molar-refractivity contribution in [3.8, 4) is 0 Å². The van der Waals surface area contributed by atoms with Gasteiger partial charge in [-0.15, -0.1) is 11.6 Å². The smallest absolute Gasteiger partial charge is 0.0544 e. The maximum absolute atomic E-state index is 5.70. The molecule has 0 spiro atoms.